The van der Waals surface area contributed by atoms with Crippen LogP contribution in [0.2, 0.25) is 16.6 Å². The molecular formula is C39H68O8Si. The summed E-state index contributed by atoms with van der Waals surface area (Å²) >= 11 is 0. The average Bonchev–Trinajstić information content (AvgIpc) is 3.46. The Hall–Kier alpha value is -0.363. The number of aliphatic hydroxyl groups excluding tert-OH is 1. The maximum Gasteiger partial charge on any atom is 0.200 e. The summed E-state index contributed by atoms with van der Waals surface area (Å²) in [5.41, 5.74) is 0.808. The van der Waals surface area contributed by atoms with Crippen molar-refractivity contribution >= 4 is 8.32 Å². The third-order valence-electron chi connectivity index (χ3n) is 14.0. The molecule has 6 heterocycles. The molecule has 0 aliphatic carbocycles. The van der Waals surface area contributed by atoms with E-state index in [9.17, 15) is 5.11 Å². The van der Waals surface area contributed by atoms with E-state index >= 15 is 0 Å². The van der Waals surface area contributed by atoms with Crippen LogP contribution < -0.4 is 0 Å². The van der Waals surface area contributed by atoms with E-state index in [-0.39, 0.29) is 66.6 Å². The topological polar surface area (TPSA) is 84.8 Å². The van der Waals surface area contributed by atoms with Gasteiger partial charge in [-0.25, -0.2) is 0 Å². The van der Waals surface area contributed by atoms with Crippen molar-refractivity contribution in [1.82, 2.24) is 0 Å². The summed E-state index contributed by atoms with van der Waals surface area (Å²) in [5, 5.41) is 11.8. The number of rotatable bonds is 6. The van der Waals surface area contributed by atoms with Crippen LogP contribution in [-0.4, -0.2) is 92.5 Å². The number of hydrogen-bond donors (Lipinski definition) is 1. The van der Waals surface area contributed by atoms with Crippen molar-refractivity contribution in [2.45, 2.75) is 204 Å². The molecule has 0 aromatic carbocycles. The quantitative estimate of drug-likeness (QED) is 0.226. The molecule has 0 aromatic heterocycles. The van der Waals surface area contributed by atoms with Crippen molar-refractivity contribution in [2.24, 2.45) is 23.7 Å². The van der Waals surface area contributed by atoms with Crippen LogP contribution in [0.1, 0.15) is 115 Å². The fourth-order valence-electron chi connectivity index (χ4n) is 11.0. The van der Waals surface area contributed by atoms with Gasteiger partial charge in [0.15, 0.2) is 5.79 Å². The van der Waals surface area contributed by atoms with Crippen LogP contribution in [0.3, 0.4) is 0 Å². The number of fused-ring (bicyclic) bond motifs is 4. The molecule has 1 spiro atoms. The van der Waals surface area contributed by atoms with Gasteiger partial charge in [0, 0.05) is 31.1 Å². The van der Waals surface area contributed by atoms with E-state index in [1.54, 1.807) is 0 Å². The predicted molar refractivity (Wildman–Crippen MR) is 189 cm³/mol. The third-order valence-corrected chi connectivity index (χ3v) is 20.1. The molecule has 8 nitrogen and oxygen atoms in total. The van der Waals surface area contributed by atoms with Crippen molar-refractivity contribution in [2.75, 3.05) is 6.61 Å². The van der Waals surface area contributed by atoms with Gasteiger partial charge in [0.1, 0.15) is 11.7 Å². The summed E-state index contributed by atoms with van der Waals surface area (Å²) in [6.07, 6.45) is 4.72. The smallest absolute Gasteiger partial charge is 0.200 e. The summed E-state index contributed by atoms with van der Waals surface area (Å²) in [6.45, 7) is 30.0. The lowest BCUT2D eigenvalue weighted by atomic mass is 9.76. The van der Waals surface area contributed by atoms with Gasteiger partial charge in [-0.3, -0.25) is 0 Å². The molecule has 16 atom stereocenters. The zero-order chi connectivity index (χ0) is 34.9. The molecule has 276 valence electrons. The van der Waals surface area contributed by atoms with Crippen molar-refractivity contribution in [3.63, 3.8) is 0 Å². The lowest BCUT2D eigenvalue weighted by molar-refractivity contribution is -0.339. The van der Waals surface area contributed by atoms with E-state index < -0.39 is 31.9 Å². The SMILES string of the molecule is C=C[C@]1(C)O[C@@H]2C[C@H](C)C[C@@H]3O[C@@H]4[C@@H](C)[C@H](O)[C@@H]5OC6(CCCO6)[C@@H](C)[C@H](C)[C@H]5O[C@H]4C[C@H]3O[C@H]2C[C@H]1O[Si](C(C)C)(C(C)C)C(C)C. The van der Waals surface area contributed by atoms with Gasteiger partial charge >= 0.3 is 0 Å². The molecule has 6 aliphatic rings. The normalized spacial score (nSPS) is 49.9. The Morgan fingerprint density at radius 3 is 1.96 bits per heavy atom. The Labute approximate surface area is 292 Å². The zero-order valence-electron chi connectivity index (χ0n) is 31.9. The zero-order valence-corrected chi connectivity index (χ0v) is 32.9. The fourth-order valence-corrected chi connectivity index (χ4v) is 16.6. The molecule has 0 aromatic rings. The molecule has 9 heteroatoms. The molecular weight excluding hydrogens is 625 g/mol. The highest BCUT2D eigenvalue weighted by Gasteiger charge is 2.61. The van der Waals surface area contributed by atoms with Crippen molar-refractivity contribution < 1.29 is 38.0 Å². The first kappa shape index (κ1) is 37.4. The Balaban J connectivity index is 1.26. The molecule has 0 bridgehead atoms. The highest BCUT2D eigenvalue weighted by molar-refractivity contribution is 6.77. The van der Waals surface area contributed by atoms with E-state index in [2.05, 4.69) is 82.7 Å². The maximum atomic E-state index is 11.8. The average molecular weight is 693 g/mol. The summed E-state index contributed by atoms with van der Waals surface area (Å²) < 4.78 is 48.7. The van der Waals surface area contributed by atoms with E-state index in [1.807, 2.05) is 6.08 Å². The van der Waals surface area contributed by atoms with Crippen molar-refractivity contribution in [1.29, 1.82) is 0 Å². The first-order valence-electron chi connectivity index (χ1n) is 19.5. The van der Waals surface area contributed by atoms with Crippen molar-refractivity contribution in [3.05, 3.63) is 12.7 Å². The molecule has 0 radical (unpaired) electrons. The Bertz CT molecular complexity index is 1100. The van der Waals surface area contributed by atoms with E-state index in [4.69, 9.17) is 32.8 Å². The lowest BCUT2D eigenvalue weighted by Gasteiger charge is -2.54. The van der Waals surface area contributed by atoms with Crippen LogP contribution in [0, 0.1) is 23.7 Å². The highest BCUT2D eigenvalue weighted by Crippen LogP contribution is 2.51. The van der Waals surface area contributed by atoms with E-state index in [1.165, 1.54) is 0 Å². The fraction of sp³-hybridized carbons (Fsp3) is 0.949. The maximum absolute atomic E-state index is 11.8. The Kier molecular flexibility index (Phi) is 10.8. The summed E-state index contributed by atoms with van der Waals surface area (Å²) in [7, 11) is -2.20. The Morgan fingerprint density at radius 2 is 1.35 bits per heavy atom. The minimum absolute atomic E-state index is 0.0508. The van der Waals surface area contributed by atoms with Gasteiger partial charge in [0.25, 0.3) is 0 Å². The van der Waals surface area contributed by atoms with Gasteiger partial charge in [-0.05, 0) is 54.6 Å². The van der Waals surface area contributed by atoms with Gasteiger partial charge < -0.3 is 38.0 Å². The second-order valence-electron chi connectivity index (χ2n) is 17.9. The van der Waals surface area contributed by atoms with Gasteiger partial charge in [-0.2, -0.15) is 0 Å². The summed E-state index contributed by atoms with van der Waals surface area (Å²) in [6, 6.07) is 0. The monoisotopic (exact) mass is 692 g/mol. The molecule has 1 unspecified atom stereocenters. The minimum atomic E-state index is -2.20. The second kappa shape index (κ2) is 13.9. The van der Waals surface area contributed by atoms with Crippen LogP contribution in [0.4, 0.5) is 0 Å². The van der Waals surface area contributed by atoms with Crippen LogP contribution in [0.5, 0.6) is 0 Å². The largest absolute Gasteiger partial charge is 0.410 e. The highest BCUT2D eigenvalue weighted by atomic mass is 28.4. The molecule has 0 amide bonds. The molecule has 6 rings (SSSR count). The first-order valence-corrected chi connectivity index (χ1v) is 21.7. The number of aliphatic hydroxyl groups is 1. The van der Waals surface area contributed by atoms with Gasteiger partial charge in [0.05, 0.1) is 61.5 Å². The first-order chi connectivity index (χ1) is 22.6. The third kappa shape index (κ3) is 6.25. The molecule has 0 saturated carbocycles. The van der Waals surface area contributed by atoms with E-state index in [0.717, 1.165) is 38.5 Å². The minimum Gasteiger partial charge on any atom is -0.410 e. The molecule has 6 aliphatic heterocycles. The van der Waals surface area contributed by atoms with Crippen LogP contribution >= 0.6 is 0 Å². The molecule has 6 saturated heterocycles. The van der Waals surface area contributed by atoms with E-state index in [0.29, 0.717) is 29.1 Å². The molecule has 1 N–H and O–H groups in total. The van der Waals surface area contributed by atoms with Crippen LogP contribution in [0.25, 0.3) is 0 Å². The van der Waals surface area contributed by atoms with Gasteiger partial charge in [0.2, 0.25) is 8.32 Å². The van der Waals surface area contributed by atoms with Gasteiger partial charge in [-0.1, -0.05) is 75.3 Å². The lowest BCUT2D eigenvalue weighted by Crippen LogP contribution is -2.63. The predicted octanol–water partition coefficient (Wildman–Crippen LogP) is 7.56. The summed E-state index contributed by atoms with van der Waals surface area (Å²) in [5.74, 6) is -0.0878. The van der Waals surface area contributed by atoms with Crippen LogP contribution in [0.15, 0.2) is 12.7 Å². The standard InChI is InChI=1S/C39H68O8Si/c1-13-38(12)33(47-48(21(2)3,22(4)5)23(6)7)20-30-31(45-38)18-24(8)17-28-29(42-30)19-32-35(43-28)26(10)34(40)37-36(44-32)25(9)27(11)39(46-37)15-14-16-41-39/h13,21-37,40H,1,14-20H2,2-12H3/t24-,25+,26+,27+,28+,29-,30+,31-,32+,33-,34+,35-,36-,37+,38+,39?/m1/s1. The number of hydrogen-bond acceptors (Lipinski definition) is 8. The molecule has 6 fully saturated rings. The Morgan fingerprint density at radius 1 is 0.750 bits per heavy atom. The summed E-state index contributed by atoms with van der Waals surface area (Å²) in [4.78, 5) is 0. The van der Waals surface area contributed by atoms with Gasteiger partial charge in [-0.15, -0.1) is 6.58 Å². The second-order valence-corrected chi connectivity index (χ2v) is 23.3. The van der Waals surface area contributed by atoms with Crippen LogP contribution in [-0.2, 0) is 32.8 Å². The molecule has 48 heavy (non-hydrogen) atoms. The number of ether oxygens (including phenoxy) is 6. The van der Waals surface area contributed by atoms with Crippen molar-refractivity contribution in [3.8, 4) is 0 Å².